The molecule has 2 unspecified atom stereocenters. The van der Waals surface area contributed by atoms with E-state index in [1.54, 1.807) is 0 Å². The van der Waals surface area contributed by atoms with E-state index in [0.29, 0.717) is 0 Å². The second-order valence-electron chi connectivity index (χ2n) is 6.42. The molecule has 80 valence electrons. The highest BCUT2D eigenvalue weighted by Gasteiger charge is 2.58. The fourth-order valence-corrected chi connectivity index (χ4v) is 9.46. The van der Waals surface area contributed by atoms with Gasteiger partial charge in [-0.1, -0.05) is 39.3 Å². The Morgan fingerprint density at radius 3 is 1.07 bits per heavy atom. The van der Waals surface area contributed by atoms with Gasteiger partial charge in [-0.3, -0.25) is 9.59 Å². The molecular weight excluding hydrogens is 208 g/mol. The number of hydrogen-bond acceptors (Lipinski definition) is 2. The summed E-state index contributed by atoms with van der Waals surface area (Å²) in [5.74, 6) is -0.145. The van der Waals surface area contributed by atoms with Gasteiger partial charge < -0.3 is 0 Å². The van der Waals surface area contributed by atoms with E-state index in [9.17, 15) is 9.59 Å². The summed E-state index contributed by atoms with van der Waals surface area (Å²) < 4.78 is 0. The molecule has 14 heavy (non-hydrogen) atoms. The third-order valence-electron chi connectivity index (χ3n) is 3.01. The Morgan fingerprint density at radius 1 is 0.714 bits per heavy atom. The Balaban J connectivity index is 2.98. The maximum absolute atomic E-state index is 11.6. The van der Waals surface area contributed by atoms with Gasteiger partial charge in [0.1, 0.15) is 0 Å². The molecule has 4 heteroatoms. The van der Waals surface area contributed by atoms with Crippen molar-refractivity contribution in [2.45, 2.75) is 50.4 Å². The summed E-state index contributed by atoms with van der Waals surface area (Å²) in [4.78, 5) is 23.1. The molecule has 0 saturated heterocycles. The van der Waals surface area contributed by atoms with Gasteiger partial charge >= 0.3 is 0 Å². The fourth-order valence-electron chi connectivity index (χ4n) is 2.30. The number of rotatable bonds is 2. The molecule has 0 spiro atoms. The summed E-state index contributed by atoms with van der Waals surface area (Å²) in [5, 5.41) is 0. The lowest BCUT2D eigenvalue weighted by Crippen LogP contribution is -2.58. The lowest BCUT2D eigenvalue weighted by atomic mass is 9.94. The van der Waals surface area contributed by atoms with Crippen molar-refractivity contribution >= 4 is 27.7 Å². The molecule has 2 nitrogen and oxygen atoms in total. The Morgan fingerprint density at radius 2 is 0.929 bits per heavy atom. The fraction of sp³-hybridized carbons (Fsp3) is 0.800. The van der Waals surface area contributed by atoms with Crippen LogP contribution in [0.5, 0.6) is 0 Å². The Bertz CT molecular complexity index is 253. The number of hydrogen-bond donors (Lipinski definition) is 0. The summed E-state index contributed by atoms with van der Waals surface area (Å²) >= 11 is 0. The average Bonchev–Trinajstić information content (AvgIpc) is 1.93. The summed E-state index contributed by atoms with van der Waals surface area (Å²) in [7, 11) is -2.97. The van der Waals surface area contributed by atoms with Crippen LogP contribution in [0.1, 0.15) is 0 Å². The molecule has 0 aromatic heterocycles. The van der Waals surface area contributed by atoms with Crippen LogP contribution in [0.2, 0.25) is 50.4 Å². The van der Waals surface area contributed by atoms with Crippen molar-refractivity contribution in [1.29, 1.82) is 0 Å². The number of Topliss-reactive ketones (excluding diaryl/α,β-unsaturated/α-hetero) is 2. The molecular formula is C10H20O2Si2. The van der Waals surface area contributed by atoms with E-state index in [2.05, 4.69) is 39.3 Å². The molecule has 1 fully saturated rings. The van der Waals surface area contributed by atoms with Crippen molar-refractivity contribution < 1.29 is 9.59 Å². The standard InChI is InChI=1S/C10H20O2Si2/c1-13(2,3)9-7(11)8(12)10(9)14(4,5)6/h9-10H,1-6H3. The van der Waals surface area contributed by atoms with Crippen LogP contribution in [-0.4, -0.2) is 27.7 Å². The van der Waals surface area contributed by atoms with Gasteiger partial charge in [-0.2, -0.15) is 0 Å². The van der Waals surface area contributed by atoms with Crippen LogP contribution in [0.3, 0.4) is 0 Å². The van der Waals surface area contributed by atoms with E-state index >= 15 is 0 Å². The first-order valence-corrected chi connectivity index (χ1v) is 12.3. The molecule has 1 aliphatic rings. The second kappa shape index (κ2) is 3.13. The molecule has 0 N–H and O–H groups in total. The van der Waals surface area contributed by atoms with E-state index in [-0.39, 0.29) is 22.6 Å². The van der Waals surface area contributed by atoms with E-state index in [4.69, 9.17) is 0 Å². The van der Waals surface area contributed by atoms with Crippen molar-refractivity contribution in [1.82, 2.24) is 0 Å². The molecule has 0 aliphatic heterocycles. The van der Waals surface area contributed by atoms with E-state index in [1.165, 1.54) is 0 Å². The van der Waals surface area contributed by atoms with Gasteiger partial charge in [0.25, 0.3) is 0 Å². The van der Waals surface area contributed by atoms with E-state index in [0.717, 1.165) is 0 Å². The van der Waals surface area contributed by atoms with Gasteiger partial charge in [0, 0.05) is 11.1 Å². The second-order valence-corrected chi connectivity index (χ2v) is 17.1. The molecule has 0 amide bonds. The Hall–Kier alpha value is -0.226. The third kappa shape index (κ3) is 1.77. The van der Waals surface area contributed by atoms with Gasteiger partial charge in [-0.15, -0.1) is 0 Å². The van der Waals surface area contributed by atoms with Crippen molar-refractivity contribution in [2.75, 3.05) is 0 Å². The molecule has 1 aliphatic carbocycles. The highest BCUT2D eigenvalue weighted by atomic mass is 28.3. The molecule has 0 aromatic carbocycles. The van der Waals surface area contributed by atoms with E-state index < -0.39 is 16.1 Å². The SMILES string of the molecule is C[Si](C)(C)C1C(=O)C(=O)C1[Si](C)(C)C. The van der Waals surface area contributed by atoms with Crippen LogP contribution < -0.4 is 0 Å². The van der Waals surface area contributed by atoms with Crippen molar-refractivity contribution in [2.24, 2.45) is 0 Å². The molecule has 0 bridgehead atoms. The van der Waals surface area contributed by atoms with Crippen LogP contribution in [0.4, 0.5) is 0 Å². The molecule has 1 saturated carbocycles. The first-order chi connectivity index (χ1) is 6.07. The average molecular weight is 228 g/mol. The number of carbonyl (C=O) groups excluding carboxylic acids is 2. The quantitative estimate of drug-likeness (QED) is 0.538. The smallest absolute Gasteiger partial charge is 0.199 e. The maximum Gasteiger partial charge on any atom is 0.199 e. The number of carbonyl (C=O) groups is 2. The molecule has 1 rings (SSSR count). The Labute approximate surface area is 88.1 Å². The van der Waals surface area contributed by atoms with Crippen molar-refractivity contribution in [3.05, 3.63) is 0 Å². The van der Waals surface area contributed by atoms with Gasteiger partial charge in [0.2, 0.25) is 0 Å². The van der Waals surface area contributed by atoms with Crippen LogP contribution in [0, 0.1) is 0 Å². The lowest BCUT2D eigenvalue weighted by molar-refractivity contribution is -0.142. The summed E-state index contributed by atoms with van der Waals surface area (Å²) in [6.07, 6.45) is 0. The predicted octanol–water partition coefficient (Wildman–Crippen LogP) is 2.56. The minimum Gasteiger partial charge on any atom is -0.291 e. The van der Waals surface area contributed by atoms with Crippen LogP contribution >= 0.6 is 0 Å². The zero-order valence-electron chi connectivity index (χ0n) is 9.97. The summed E-state index contributed by atoms with van der Waals surface area (Å²) in [6, 6.07) is 0. The van der Waals surface area contributed by atoms with Crippen LogP contribution in [0.15, 0.2) is 0 Å². The highest BCUT2D eigenvalue weighted by molar-refractivity contribution is 6.95. The third-order valence-corrected chi connectivity index (χ3v) is 8.26. The molecule has 0 aromatic rings. The van der Waals surface area contributed by atoms with Crippen molar-refractivity contribution in [3.63, 3.8) is 0 Å². The monoisotopic (exact) mass is 228 g/mol. The minimum atomic E-state index is -1.49. The lowest BCUT2D eigenvalue weighted by Gasteiger charge is -2.46. The van der Waals surface area contributed by atoms with E-state index in [1.807, 2.05) is 0 Å². The van der Waals surface area contributed by atoms with Gasteiger partial charge in [-0.05, 0) is 0 Å². The summed E-state index contributed by atoms with van der Waals surface area (Å²) in [6.45, 7) is 13.1. The topological polar surface area (TPSA) is 34.1 Å². The van der Waals surface area contributed by atoms with Crippen LogP contribution in [0.25, 0.3) is 0 Å². The minimum absolute atomic E-state index is 0.0726. The molecule has 0 heterocycles. The van der Waals surface area contributed by atoms with Crippen LogP contribution in [-0.2, 0) is 9.59 Å². The zero-order valence-corrected chi connectivity index (χ0v) is 12.0. The maximum atomic E-state index is 11.6. The molecule has 0 radical (unpaired) electrons. The highest BCUT2D eigenvalue weighted by Crippen LogP contribution is 2.50. The van der Waals surface area contributed by atoms with Gasteiger partial charge in [0.15, 0.2) is 11.6 Å². The predicted molar refractivity (Wildman–Crippen MR) is 64.2 cm³/mol. The number of ketones is 2. The zero-order chi connectivity index (χ0) is 11.3. The first kappa shape index (κ1) is 11.8. The van der Waals surface area contributed by atoms with Crippen molar-refractivity contribution in [3.8, 4) is 0 Å². The van der Waals surface area contributed by atoms with Gasteiger partial charge in [-0.25, -0.2) is 0 Å². The molecule has 2 atom stereocenters. The first-order valence-electron chi connectivity index (χ1n) is 5.15. The Kier molecular flexibility index (Phi) is 2.65. The largest absolute Gasteiger partial charge is 0.291 e. The normalized spacial score (nSPS) is 29.0. The summed E-state index contributed by atoms with van der Waals surface area (Å²) in [5.41, 5.74) is 0.225. The van der Waals surface area contributed by atoms with Gasteiger partial charge in [0.05, 0.1) is 16.1 Å².